The fraction of sp³-hybridized carbons (Fsp3) is 0.536. The number of anilines is 3. The maximum absolute atomic E-state index is 13.0. The number of aryl methyl sites for hydroxylation is 5. The van der Waals surface area contributed by atoms with Crippen molar-refractivity contribution in [2.75, 3.05) is 88.4 Å². The van der Waals surface area contributed by atoms with Gasteiger partial charge in [-0.3, -0.25) is 43.6 Å². The molecule has 8 aromatic rings. The fourth-order valence-electron chi connectivity index (χ4n) is 17.8. The van der Waals surface area contributed by atoms with Crippen LogP contribution >= 0.6 is 0 Å². The number of amides is 6. The molecule has 4 aromatic carbocycles. The lowest BCUT2D eigenvalue weighted by Crippen LogP contribution is -2.46. The highest BCUT2D eigenvalue weighted by molar-refractivity contribution is 5.98. The van der Waals surface area contributed by atoms with Crippen LogP contribution in [0.4, 0.5) is 31.4 Å². The van der Waals surface area contributed by atoms with E-state index in [1.165, 1.54) is 33.0 Å². The molecule has 15 rings (SSSR count). The quantitative estimate of drug-likeness (QED) is 0.0831. The highest BCUT2D eigenvalue weighted by atomic mass is 16.6. The largest absolute Gasteiger partial charge is 0.452 e. The Bertz CT molecular complexity index is 4740. The van der Waals surface area contributed by atoms with Crippen LogP contribution in [0.25, 0.3) is 33.1 Å². The van der Waals surface area contributed by atoms with E-state index < -0.39 is 6.09 Å². The van der Waals surface area contributed by atoms with Gasteiger partial charge >= 0.3 is 18.3 Å². The van der Waals surface area contributed by atoms with Crippen molar-refractivity contribution in [2.45, 2.75) is 213 Å². The minimum absolute atomic E-state index is 0.0152. The van der Waals surface area contributed by atoms with Gasteiger partial charge in [0.2, 0.25) is 17.7 Å². The van der Waals surface area contributed by atoms with Gasteiger partial charge < -0.3 is 52.3 Å². The summed E-state index contributed by atoms with van der Waals surface area (Å²) in [5, 5.41) is 2.77. The predicted molar refractivity (Wildman–Crippen MR) is 422 cm³/mol. The first kappa shape index (κ1) is 78.2. The molecule has 0 bridgehead atoms. The van der Waals surface area contributed by atoms with Crippen LogP contribution in [0.2, 0.25) is 0 Å². The third-order valence-corrected chi connectivity index (χ3v) is 23.5. The molecule has 0 radical (unpaired) electrons. The van der Waals surface area contributed by atoms with Crippen molar-refractivity contribution in [3.63, 3.8) is 0 Å². The van der Waals surface area contributed by atoms with Gasteiger partial charge in [-0.1, -0.05) is 42.8 Å². The van der Waals surface area contributed by atoms with Crippen molar-refractivity contribution in [1.29, 1.82) is 0 Å². The fourth-order valence-corrected chi connectivity index (χ4v) is 17.8. The number of likely N-dealkylation sites (tertiary alicyclic amines) is 2. The molecule has 6 aliphatic heterocycles. The Hall–Kier alpha value is -9.95. The predicted octanol–water partition coefficient (Wildman–Crippen LogP) is 11.5. The Balaban J connectivity index is 0.000000145. The lowest BCUT2D eigenvalue weighted by atomic mass is 9.83. The molecule has 0 unspecified atom stereocenters. The molecule has 3 saturated heterocycles. The second-order valence-corrected chi connectivity index (χ2v) is 30.9. The number of hydrogen-bond acceptors (Lipinski definition) is 16. The zero-order valence-electron chi connectivity index (χ0n) is 65.4. The number of pyridine rings is 1. The normalized spacial score (nSPS) is 21.3. The monoisotopic (exact) mass is 1500 g/mol. The molecule has 110 heavy (non-hydrogen) atoms. The Labute approximate surface area is 643 Å². The van der Waals surface area contributed by atoms with Gasteiger partial charge in [-0.05, 0) is 173 Å². The van der Waals surface area contributed by atoms with E-state index in [1.54, 1.807) is 49.4 Å². The van der Waals surface area contributed by atoms with Crippen LogP contribution in [-0.4, -0.2) is 194 Å². The molecule has 4 fully saturated rings. The molecule has 0 spiro atoms. The van der Waals surface area contributed by atoms with E-state index in [-0.39, 0.29) is 96.6 Å². The molecule has 6 amide bonds. The van der Waals surface area contributed by atoms with Crippen LogP contribution in [-0.2, 0) is 96.3 Å². The van der Waals surface area contributed by atoms with Gasteiger partial charge in [-0.15, -0.1) is 0 Å². The second kappa shape index (κ2) is 35.0. The Kier molecular flexibility index (Phi) is 24.8. The number of carbonyl (C=O) groups is 7. The summed E-state index contributed by atoms with van der Waals surface area (Å²) in [6, 6.07) is 28.0. The molecule has 4 aromatic heterocycles. The third kappa shape index (κ3) is 17.0. The number of imidazole rings is 3. The zero-order valence-corrected chi connectivity index (χ0v) is 65.4. The van der Waals surface area contributed by atoms with E-state index in [1.807, 2.05) is 47.6 Å². The summed E-state index contributed by atoms with van der Waals surface area (Å²) in [7, 11) is 4.24. The maximum Gasteiger partial charge on any atom is 0.414 e. The Morgan fingerprint density at radius 2 is 1.07 bits per heavy atom. The van der Waals surface area contributed by atoms with Crippen LogP contribution in [0.1, 0.15) is 164 Å². The lowest BCUT2D eigenvalue weighted by Gasteiger charge is -2.35. The minimum atomic E-state index is -0.423. The number of methoxy groups -OCH3 is 3. The van der Waals surface area contributed by atoms with Gasteiger partial charge in [-0.25, -0.2) is 29.3 Å². The first-order chi connectivity index (χ1) is 53.2. The number of nitrogens with one attached hydrogen (secondary N) is 1. The number of ketones is 1. The number of fused-ring (bicyclic) bond motifs is 9. The molecule has 10 heterocycles. The molecule has 7 atom stereocenters. The number of rotatable bonds is 17. The van der Waals surface area contributed by atoms with E-state index >= 15 is 0 Å². The van der Waals surface area contributed by atoms with E-state index in [2.05, 4.69) is 82.6 Å². The topological polar surface area (TPSA) is 263 Å². The second-order valence-electron chi connectivity index (χ2n) is 30.9. The third-order valence-electron chi connectivity index (χ3n) is 23.5. The zero-order chi connectivity index (χ0) is 77.4. The number of benzene rings is 4. The molecule has 1 saturated carbocycles. The lowest BCUT2D eigenvalue weighted by molar-refractivity contribution is -0.133. The molecule has 26 heteroatoms. The molecular formula is C84H108N14O12. The average Bonchev–Trinajstić information content (AvgIpc) is 1.71. The van der Waals surface area contributed by atoms with Crippen molar-refractivity contribution in [1.82, 2.24) is 53.2 Å². The van der Waals surface area contributed by atoms with Gasteiger partial charge in [0, 0.05) is 144 Å². The molecule has 586 valence electrons. The van der Waals surface area contributed by atoms with E-state index in [0.717, 1.165) is 221 Å². The van der Waals surface area contributed by atoms with Crippen LogP contribution in [0.3, 0.4) is 0 Å². The minimum Gasteiger partial charge on any atom is -0.452 e. The van der Waals surface area contributed by atoms with Gasteiger partial charge in [0.25, 0.3) is 5.56 Å². The summed E-state index contributed by atoms with van der Waals surface area (Å²) in [4.78, 5) is 127. The van der Waals surface area contributed by atoms with Gasteiger partial charge in [0.05, 0.1) is 90.2 Å². The standard InChI is InChI=1S/C28H34N6O5.C28H38N4O4.C28H36N4O3/c1-19-8-9-20-21(34(19)28(38)39-2)10-11-22-27(20)30-23(12-16-32-13-4-3-7-25(32)36)33(22)18-24(35)29-17-26(37)31-14-5-6-15-31;1-18-10-11-22-23(31(18)28(35)36-3)12-13-24-27(22)29-25(14-16-30-15-5-4-9-26(30)34)32(24)21-8-6-7-20(17-21)19(2)33;1-19-10-11-23-24(32(19)28(33)34-4)12-13-25-27(23)29-26(16-22-8-6-5-7-9-22)31(25)15-14-30-17-20(2)35-21(3)18-30/h3-4,7,10-11,13,19H,5-6,8-9,12,14-18H2,1-2H3,(H,29,35);12-13,18,20-21H,4-11,14-17H2,1-3H3;5-9,12-13,19-21H,10-11,14-18H2,1-4H3/t19-;18-,20+,21+;19-,20-,21+/m000/s1. The van der Waals surface area contributed by atoms with Crippen molar-refractivity contribution in [2.24, 2.45) is 5.92 Å². The number of aromatic nitrogens is 7. The summed E-state index contributed by atoms with van der Waals surface area (Å²) < 4.78 is 29.4. The Morgan fingerprint density at radius 1 is 0.536 bits per heavy atom. The summed E-state index contributed by atoms with van der Waals surface area (Å²) in [5.74, 6) is 2.92. The van der Waals surface area contributed by atoms with E-state index in [0.29, 0.717) is 38.2 Å². The van der Waals surface area contributed by atoms with E-state index in [4.69, 9.17) is 33.9 Å². The summed E-state index contributed by atoms with van der Waals surface area (Å²) in [6.45, 7) is 19.1. The molecule has 7 aliphatic rings. The first-order valence-corrected chi connectivity index (χ1v) is 39.8. The highest BCUT2D eigenvalue weighted by Gasteiger charge is 2.37. The number of piperidine rings is 1. The number of morpholine rings is 1. The van der Waals surface area contributed by atoms with Gasteiger partial charge in [0.1, 0.15) is 29.8 Å². The number of ether oxygens (including phenoxy) is 4. The smallest absolute Gasteiger partial charge is 0.414 e. The summed E-state index contributed by atoms with van der Waals surface area (Å²) in [5.41, 5.74) is 12.5. The van der Waals surface area contributed by atoms with Crippen molar-refractivity contribution >= 4 is 91.9 Å². The average molecular weight is 1510 g/mol. The van der Waals surface area contributed by atoms with Crippen LogP contribution in [0, 0.1) is 5.92 Å². The van der Waals surface area contributed by atoms with Crippen LogP contribution in [0.5, 0.6) is 0 Å². The Morgan fingerprint density at radius 3 is 1.65 bits per heavy atom. The van der Waals surface area contributed by atoms with Crippen molar-refractivity contribution in [3.8, 4) is 0 Å². The van der Waals surface area contributed by atoms with Gasteiger partial charge in [0.15, 0.2) is 0 Å². The van der Waals surface area contributed by atoms with Crippen LogP contribution in [0.15, 0.2) is 95.9 Å². The van der Waals surface area contributed by atoms with Crippen molar-refractivity contribution in [3.05, 3.63) is 141 Å². The number of nitrogens with zero attached hydrogens (tertiary/aromatic N) is 13. The van der Waals surface area contributed by atoms with Crippen LogP contribution < -0.4 is 25.6 Å². The van der Waals surface area contributed by atoms with Crippen molar-refractivity contribution < 1.29 is 52.5 Å². The van der Waals surface area contributed by atoms with Gasteiger partial charge in [-0.2, -0.15) is 0 Å². The maximum atomic E-state index is 13.0. The highest BCUT2D eigenvalue weighted by Crippen LogP contribution is 2.43. The first-order valence-electron chi connectivity index (χ1n) is 39.8. The molecular weight excluding hydrogens is 1400 g/mol. The molecule has 1 N–H and O–H groups in total. The van der Waals surface area contributed by atoms with E-state index in [9.17, 15) is 38.4 Å². The SMILES string of the molecule is COC(=O)N1c2ccc3c(nc(CCN4CCCCC4=O)n3[C@@H]3CCC[C@@H](C(C)=O)C3)c2CC[C@@H]1C.COC(=O)N1c2ccc3c(nc(CCn4ccccc4=O)n3CC(=O)NCC(=O)N3CCCC3)c2CC[C@@H]1C.COC(=O)N1c2ccc3c(nc(Cc4ccccc4)n3CCN3C[C@@H](C)O[C@@H](C)C3)c2CC[C@@H]1C. The summed E-state index contributed by atoms with van der Waals surface area (Å²) in [6.07, 6.45) is 16.5. The number of hydrogen-bond donors (Lipinski definition) is 1. The number of carbonyl (C=O) groups excluding carboxylic acids is 7. The molecule has 1 aliphatic carbocycles. The summed E-state index contributed by atoms with van der Waals surface area (Å²) >= 11 is 0. The number of Topliss-reactive ketones (excluding diaryl/α,β-unsaturated/α-hetero) is 1. The molecule has 26 nitrogen and oxygen atoms in total.